The van der Waals surface area contributed by atoms with E-state index in [0.717, 1.165) is 48.2 Å². The van der Waals surface area contributed by atoms with Gasteiger partial charge in [0.15, 0.2) is 5.13 Å². The number of anilines is 1. The minimum atomic E-state index is 0. The Labute approximate surface area is 139 Å². The van der Waals surface area contributed by atoms with Crippen LogP contribution in [-0.2, 0) is 4.79 Å². The highest BCUT2D eigenvalue weighted by Gasteiger charge is 2.36. The Morgan fingerprint density at radius 2 is 2.05 bits per heavy atom. The summed E-state index contributed by atoms with van der Waals surface area (Å²) in [5, 5.41) is 7.05. The molecule has 4 rings (SSSR count). The number of para-hydroxylation sites is 1. The number of hydrogen-bond acceptors (Lipinski definition) is 5. The standard InChI is InChI=1S/C15H18N4OS.ClH/c20-14(9-19-7-10-5-16-6-11(10)8-19)18-15-17-12-3-1-2-4-13(12)21-15;/h1-4,10-11,16H,5-9H2,(H,17,18,20);1H/t10-,11+;. The molecule has 2 fully saturated rings. The van der Waals surface area contributed by atoms with Crippen LogP contribution >= 0.6 is 23.7 Å². The SMILES string of the molecule is Cl.O=C(CN1C[C@H]2CNC[C@H]2C1)Nc1nc2ccccc2s1. The fraction of sp³-hybridized carbons (Fsp3) is 0.467. The maximum Gasteiger partial charge on any atom is 0.240 e. The number of benzene rings is 1. The van der Waals surface area contributed by atoms with Crippen LogP contribution in [0.25, 0.3) is 10.2 Å². The van der Waals surface area contributed by atoms with E-state index in [9.17, 15) is 4.79 Å². The van der Waals surface area contributed by atoms with Crippen molar-refractivity contribution in [2.24, 2.45) is 11.8 Å². The summed E-state index contributed by atoms with van der Waals surface area (Å²) in [6.07, 6.45) is 0. The fourth-order valence-electron chi connectivity index (χ4n) is 3.37. The molecule has 2 atom stereocenters. The van der Waals surface area contributed by atoms with Gasteiger partial charge in [0.2, 0.25) is 5.91 Å². The Morgan fingerprint density at radius 3 is 2.77 bits per heavy atom. The summed E-state index contributed by atoms with van der Waals surface area (Å²) in [6.45, 7) is 4.74. The number of likely N-dealkylation sites (tertiary alicyclic amines) is 1. The van der Waals surface area contributed by atoms with Gasteiger partial charge in [-0.25, -0.2) is 4.98 Å². The second-order valence-corrected chi connectivity index (χ2v) is 6.94. The monoisotopic (exact) mass is 338 g/mol. The van der Waals surface area contributed by atoms with Gasteiger partial charge in [-0.15, -0.1) is 12.4 Å². The lowest BCUT2D eigenvalue weighted by Crippen LogP contribution is -2.33. The van der Waals surface area contributed by atoms with E-state index in [1.807, 2.05) is 24.3 Å². The molecular weight excluding hydrogens is 320 g/mol. The average molecular weight is 339 g/mol. The first-order valence-electron chi connectivity index (χ1n) is 7.36. The number of hydrogen-bond donors (Lipinski definition) is 2. The van der Waals surface area contributed by atoms with Crippen molar-refractivity contribution in [2.75, 3.05) is 38.0 Å². The minimum Gasteiger partial charge on any atom is -0.316 e. The lowest BCUT2D eigenvalue weighted by Gasteiger charge is -2.15. The van der Waals surface area contributed by atoms with Crippen LogP contribution in [-0.4, -0.2) is 48.5 Å². The number of rotatable bonds is 3. The second-order valence-electron chi connectivity index (χ2n) is 5.91. The molecule has 1 aromatic heterocycles. The molecule has 118 valence electrons. The number of amides is 1. The molecule has 2 aromatic rings. The Bertz CT molecular complexity index is 631. The summed E-state index contributed by atoms with van der Waals surface area (Å²) < 4.78 is 1.11. The van der Waals surface area contributed by atoms with E-state index in [1.165, 1.54) is 11.3 Å². The Hall–Kier alpha value is -1.21. The van der Waals surface area contributed by atoms with Gasteiger partial charge in [-0.1, -0.05) is 23.5 Å². The van der Waals surface area contributed by atoms with Crippen molar-refractivity contribution in [3.8, 4) is 0 Å². The van der Waals surface area contributed by atoms with Crippen molar-refractivity contribution in [1.82, 2.24) is 15.2 Å². The van der Waals surface area contributed by atoms with Gasteiger partial charge >= 0.3 is 0 Å². The molecule has 0 unspecified atom stereocenters. The van der Waals surface area contributed by atoms with Crippen molar-refractivity contribution in [3.05, 3.63) is 24.3 Å². The van der Waals surface area contributed by atoms with Gasteiger partial charge in [-0.05, 0) is 37.1 Å². The molecule has 0 spiro atoms. The normalized spacial score (nSPS) is 24.2. The number of fused-ring (bicyclic) bond motifs is 2. The first-order valence-corrected chi connectivity index (χ1v) is 8.18. The van der Waals surface area contributed by atoms with Crippen molar-refractivity contribution in [1.29, 1.82) is 0 Å². The number of aromatic nitrogens is 1. The molecule has 2 aliphatic rings. The van der Waals surface area contributed by atoms with E-state index in [-0.39, 0.29) is 18.3 Å². The van der Waals surface area contributed by atoms with E-state index in [2.05, 4.69) is 20.5 Å². The number of nitrogens with zero attached hydrogens (tertiary/aromatic N) is 2. The molecule has 1 aromatic carbocycles. The molecule has 0 saturated carbocycles. The van der Waals surface area contributed by atoms with E-state index in [0.29, 0.717) is 11.7 Å². The predicted molar refractivity (Wildman–Crippen MR) is 91.8 cm³/mol. The van der Waals surface area contributed by atoms with Crippen LogP contribution in [0, 0.1) is 11.8 Å². The first kappa shape index (κ1) is 15.7. The zero-order valence-electron chi connectivity index (χ0n) is 12.1. The lowest BCUT2D eigenvalue weighted by molar-refractivity contribution is -0.117. The predicted octanol–water partition coefficient (Wildman–Crippen LogP) is 1.81. The average Bonchev–Trinajstić information content (AvgIpc) is 3.11. The van der Waals surface area contributed by atoms with Crippen molar-refractivity contribution >= 4 is 45.0 Å². The van der Waals surface area contributed by atoms with E-state index in [4.69, 9.17) is 0 Å². The lowest BCUT2D eigenvalue weighted by atomic mass is 10.0. The molecule has 22 heavy (non-hydrogen) atoms. The maximum atomic E-state index is 12.2. The van der Waals surface area contributed by atoms with Gasteiger partial charge < -0.3 is 10.6 Å². The summed E-state index contributed by atoms with van der Waals surface area (Å²) in [6, 6.07) is 7.95. The van der Waals surface area contributed by atoms with Crippen molar-refractivity contribution in [3.63, 3.8) is 0 Å². The molecule has 2 aliphatic heterocycles. The van der Waals surface area contributed by atoms with Gasteiger partial charge in [-0.3, -0.25) is 9.69 Å². The first-order chi connectivity index (χ1) is 10.3. The molecule has 0 aliphatic carbocycles. The van der Waals surface area contributed by atoms with Crippen LogP contribution < -0.4 is 10.6 Å². The number of thiazole rings is 1. The quantitative estimate of drug-likeness (QED) is 0.896. The molecule has 2 saturated heterocycles. The smallest absolute Gasteiger partial charge is 0.240 e. The van der Waals surface area contributed by atoms with Crippen LogP contribution in [0.1, 0.15) is 0 Å². The summed E-state index contributed by atoms with van der Waals surface area (Å²) >= 11 is 1.53. The molecule has 5 nitrogen and oxygen atoms in total. The Balaban J connectivity index is 0.00000144. The molecule has 0 radical (unpaired) electrons. The molecule has 3 heterocycles. The van der Waals surface area contributed by atoms with Crippen molar-refractivity contribution in [2.45, 2.75) is 0 Å². The summed E-state index contributed by atoms with van der Waals surface area (Å²) in [5.41, 5.74) is 0.944. The highest BCUT2D eigenvalue weighted by atomic mass is 35.5. The van der Waals surface area contributed by atoms with Crippen LogP contribution in [0.15, 0.2) is 24.3 Å². The minimum absolute atomic E-state index is 0. The van der Waals surface area contributed by atoms with E-state index in [1.54, 1.807) is 0 Å². The number of carbonyl (C=O) groups is 1. The molecule has 7 heteroatoms. The zero-order chi connectivity index (χ0) is 14.2. The molecule has 1 amide bonds. The number of nitrogens with one attached hydrogen (secondary N) is 2. The molecule has 2 N–H and O–H groups in total. The third-order valence-electron chi connectivity index (χ3n) is 4.37. The topological polar surface area (TPSA) is 57.3 Å². The summed E-state index contributed by atoms with van der Waals surface area (Å²) in [7, 11) is 0. The van der Waals surface area contributed by atoms with Crippen LogP contribution in [0.2, 0.25) is 0 Å². The fourth-order valence-corrected chi connectivity index (χ4v) is 4.25. The molecular formula is C15H19ClN4OS. The van der Waals surface area contributed by atoms with Gasteiger partial charge in [0.1, 0.15) is 0 Å². The largest absolute Gasteiger partial charge is 0.316 e. The Morgan fingerprint density at radius 1 is 1.32 bits per heavy atom. The number of halogens is 1. The summed E-state index contributed by atoms with van der Waals surface area (Å²) in [4.78, 5) is 18.9. The van der Waals surface area contributed by atoms with E-state index < -0.39 is 0 Å². The number of carbonyl (C=O) groups excluding carboxylic acids is 1. The third kappa shape index (κ3) is 3.10. The van der Waals surface area contributed by atoms with Crippen LogP contribution in [0.5, 0.6) is 0 Å². The Kier molecular flexibility index (Phi) is 4.63. The van der Waals surface area contributed by atoms with Crippen LogP contribution in [0.3, 0.4) is 0 Å². The van der Waals surface area contributed by atoms with Crippen molar-refractivity contribution < 1.29 is 4.79 Å². The molecule has 0 bridgehead atoms. The zero-order valence-corrected chi connectivity index (χ0v) is 13.8. The van der Waals surface area contributed by atoms with Gasteiger partial charge in [0, 0.05) is 13.1 Å². The van der Waals surface area contributed by atoms with Gasteiger partial charge in [-0.2, -0.15) is 0 Å². The summed E-state index contributed by atoms with van der Waals surface area (Å²) in [5.74, 6) is 1.49. The second kappa shape index (κ2) is 6.50. The maximum absolute atomic E-state index is 12.2. The third-order valence-corrected chi connectivity index (χ3v) is 5.32. The van der Waals surface area contributed by atoms with Gasteiger partial charge in [0.25, 0.3) is 0 Å². The van der Waals surface area contributed by atoms with Crippen LogP contribution in [0.4, 0.5) is 5.13 Å². The highest BCUT2D eigenvalue weighted by molar-refractivity contribution is 7.22. The van der Waals surface area contributed by atoms with E-state index >= 15 is 0 Å². The van der Waals surface area contributed by atoms with Gasteiger partial charge in [0.05, 0.1) is 16.8 Å². The highest BCUT2D eigenvalue weighted by Crippen LogP contribution is 2.27.